The Balaban J connectivity index is 1.41. The van der Waals surface area contributed by atoms with E-state index in [4.69, 9.17) is 4.74 Å². The highest BCUT2D eigenvalue weighted by atomic mass is 16.5. The highest BCUT2D eigenvalue weighted by Gasteiger charge is 2.02. The maximum Gasteiger partial charge on any atom is 0.319 e. The smallest absolute Gasteiger partial charge is 0.319 e. The predicted molar refractivity (Wildman–Crippen MR) is 105 cm³/mol. The van der Waals surface area contributed by atoms with Crippen molar-refractivity contribution in [3.63, 3.8) is 0 Å². The summed E-state index contributed by atoms with van der Waals surface area (Å²) in [5.74, 6) is 2.15. The molecule has 27 heavy (non-hydrogen) atoms. The van der Waals surface area contributed by atoms with E-state index in [1.165, 1.54) is 5.56 Å². The standard InChI is InChI=1S/C20H21N5O2/c1-15-2-6-17(7-3-15)27-18-8-4-16(5-9-18)25-20(26)24-13-12-23-19-14-21-10-11-22-19/h2-11,14H,12-13H2,1H3,(H,22,23)(H2,24,25,26). The molecule has 0 bridgehead atoms. The summed E-state index contributed by atoms with van der Waals surface area (Å²) < 4.78 is 5.77. The van der Waals surface area contributed by atoms with Crippen molar-refractivity contribution in [2.75, 3.05) is 23.7 Å². The van der Waals surface area contributed by atoms with E-state index in [0.29, 0.717) is 30.3 Å². The van der Waals surface area contributed by atoms with Crippen LogP contribution in [0, 0.1) is 6.92 Å². The monoisotopic (exact) mass is 363 g/mol. The molecule has 2 amide bonds. The Morgan fingerprint density at radius 3 is 2.33 bits per heavy atom. The van der Waals surface area contributed by atoms with Crippen molar-refractivity contribution >= 4 is 17.5 Å². The minimum absolute atomic E-state index is 0.275. The van der Waals surface area contributed by atoms with Gasteiger partial charge in [0.15, 0.2) is 0 Å². The summed E-state index contributed by atoms with van der Waals surface area (Å²) >= 11 is 0. The van der Waals surface area contributed by atoms with E-state index in [2.05, 4.69) is 25.9 Å². The average Bonchev–Trinajstić information content (AvgIpc) is 2.69. The Labute approximate surface area is 157 Å². The van der Waals surface area contributed by atoms with Crippen molar-refractivity contribution < 1.29 is 9.53 Å². The van der Waals surface area contributed by atoms with E-state index < -0.39 is 0 Å². The molecular weight excluding hydrogens is 342 g/mol. The van der Waals surface area contributed by atoms with E-state index >= 15 is 0 Å². The molecule has 0 saturated heterocycles. The molecule has 2 aromatic carbocycles. The van der Waals surface area contributed by atoms with Crippen LogP contribution in [0.4, 0.5) is 16.3 Å². The Bertz CT molecular complexity index is 852. The second-order valence-corrected chi connectivity index (χ2v) is 5.84. The van der Waals surface area contributed by atoms with E-state index in [0.717, 1.165) is 5.75 Å². The Hall–Kier alpha value is -3.61. The van der Waals surface area contributed by atoms with Crippen LogP contribution < -0.4 is 20.7 Å². The fraction of sp³-hybridized carbons (Fsp3) is 0.150. The minimum Gasteiger partial charge on any atom is -0.457 e. The largest absolute Gasteiger partial charge is 0.457 e. The Kier molecular flexibility index (Phi) is 6.19. The molecule has 3 N–H and O–H groups in total. The topological polar surface area (TPSA) is 88.2 Å². The molecule has 3 rings (SSSR count). The van der Waals surface area contributed by atoms with Crippen LogP contribution in [0.3, 0.4) is 0 Å². The van der Waals surface area contributed by atoms with E-state index in [-0.39, 0.29) is 6.03 Å². The molecule has 3 aromatic rings. The zero-order chi connectivity index (χ0) is 18.9. The zero-order valence-corrected chi connectivity index (χ0v) is 15.0. The molecule has 0 aliphatic heterocycles. The van der Waals surface area contributed by atoms with E-state index in [9.17, 15) is 4.79 Å². The van der Waals surface area contributed by atoms with Gasteiger partial charge in [0.05, 0.1) is 6.20 Å². The molecule has 0 radical (unpaired) electrons. The van der Waals surface area contributed by atoms with Crippen LogP contribution >= 0.6 is 0 Å². The average molecular weight is 363 g/mol. The summed E-state index contributed by atoms with van der Waals surface area (Å²) in [6.07, 6.45) is 4.84. The van der Waals surface area contributed by atoms with Crippen molar-refractivity contribution in [3.05, 3.63) is 72.7 Å². The minimum atomic E-state index is -0.275. The van der Waals surface area contributed by atoms with Crippen LogP contribution in [-0.4, -0.2) is 29.1 Å². The summed E-state index contributed by atoms with van der Waals surface area (Å²) in [4.78, 5) is 20.0. The van der Waals surface area contributed by atoms with Gasteiger partial charge in [0, 0.05) is 31.2 Å². The van der Waals surface area contributed by atoms with Gasteiger partial charge in [0.1, 0.15) is 17.3 Å². The molecule has 0 spiro atoms. The number of ether oxygens (including phenoxy) is 1. The van der Waals surface area contributed by atoms with Crippen LogP contribution in [0.2, 0.25) is 0 Å². The SMILES string of the molecule is Cc1ccc(Oc2ccc(NC(=O)NCCNc3cnccn3)cc2)cc1. The summed E-state index contributed by atoms with van der Waals surface area (Å²) in [6.45, 7) is 3.04. The van der Waals surface area contributed by atoms with Gasteiger partial charge in [0.2, 0.25) is 0 Å². The lowest BCUT2D eigenvalue weighted by Crippen LogP contribution is -2.32. The molecule has 0 aliphatic carbocycles. The fourth-order valence-electron chi connectivity index (χ4n) is 2.28. The van der Waals surface area contributed by atoms with Gasteiger partial charge in [-0.3, -0.25) is 4.98 Å². The number of hydrogen-bond donors (Lipinski definition) is 3. The molecule has 0 aliphatic rings. The first kappa shape index (κ1) is 18.2. The lowest BCUT2D eigenvalue weighted by atomic mass is 10.2. The number of carbonyl (C=O) groups is 1. The van der Waals surface area contributed by atoms with Crippen molar-refractivity contribution in [2.24, 2.45) is 0 Å². The number of nitrogens with one attached hydrogen (secondary N) is 3. The molecule has 1 heterocycles. The first-order valence-corrected chi connectivity index (χ1v) is 8.58. The zero-order valence-electron chi connectivity index (χ0n) is 15.0. The van der Waals surface area contributed by atoms with Crippen LogP contribution in [-0.2, 0) is 0 Å². The number of aryl methyl sites for hydroxylation is 1. The maximum atomic E-state index is 11.9. The maximum absolute atomic E-state index is 11.9. The third kappa shape index (κ3) is 6.00. The number of aromatic nitrogens is 2. The first-order chi connectivity index (χ1) is 13.2. The lowest BCUT2D eigenvalue weighted by molar-refractivity contribution is 0.252. The van der Waals surface area contributed by atoms with Crippen LogP contribution in [0.1, 0.15) is 5.56 Å². The van der Waals surface area contributed by atoms with Gasteiger partial charge in [-0.25, -0.2) is 9.78 Å². The van der Waals surface area contributed by atoms with Gasteiger partial charge in [0.25, 0.3) is 0 Å². The molecule has 1 aromatic heterocycles. The number of carbonyl (C=O) groups excluding carboxylic acids is 1. The normalized spacial score (nSPS) is 10.1. The number of benzene rings is 2. The summed E-state index contributed by atoms with van der Waals surface area (Å²) in [7, 11) is 0. The summed E-state index contributed by atoms with van der Waals surface area (Å²) in [5.41, 5.74) is 1.87. The van der Waals surface area contributed by atoms with Crippen LogP contribution in [0.25, 0.3) is 0 Å². The number of rotatable bonds is 7. The van der Waals surface area contributed by atoms with Crippen LogP contribution in [0.15, 0.2) is 67.1 Å². The number of amides is 2. The Morgan fingerprint density at radius 1 is 0.963 bits per heavy atom. The summed E-state index contributed by atoms with van der Waals surface area (Å²) in [6, 6.07) is 14.8. The predicted octanol–water partition coefficient (Wildman–Crippen LogP) is 3.81. The second-order valence-electron chi connectivity index (χ2n) is 5.84. The molecular formula is C20H21N5O2. The van der Waals surface area contributed by atoms with Crippen molar-refractivity contribution in [1.29, 1.82) is 0 Å². The van der Waals surface area contributed by atoms with Gasteiger partial charge >= 0.3 is 6.03 Å². The third-order valence-electron chi connectivity index (χ3n) is 3.65. The van der Waals surface area contributed by atoms with E-state index in [1.807, 2.05) is 43.3 Å². The number of hydrogen-bond acceptors (Lipinski definition) is 5. The molecule has 138 valence electrons. The number of anilines is 2. The third-order valence-corrected chi connectivity index (χ3v) is 3.65. The molecule has 7 nitrogen and oxygen atoms in total. The highest BCUT2D eigenvalue weighted by Crippen LogP contribution is 2.23. The summed E-state index contributed by atoms with van der Waals surface area (Å²) in [5, 5.41) is 8.61. The lowest BCUT2D eigenvalue weighted by Gasteiger charge is -2.10. The molecule has 7 heteroatoms. The van der Waals surface area contributed by atoms with Gasteiger partial charge in [-0.05, 0) is 43.3 Å². The fourth-order valence-corrected chi connectivity index (χ4v) is 2.28. The van der Waals surface area contributed by atoms with E-state index in [1.54, 1.807) is 30.7 Å². The van der Waals surface area contributed by atoms with Gasteiger partial charge in [-0.15, -0.1) is 0 Å². The Morgan fingerprint density at radius 2 is 1.67 bits per heavy atom. The van der Waals surface area contributed by atoms with Crippen molar-refractivity contribution in [1.82, 2.24) is 15.3 Å². The number of nitrogens with zero attached hydrogens (tertiary/aromatic N) is 2. The van der Waals surface area contributed by atoms with Crippen molar-refractivity contribution in [3.8, 4) is 11.5 Å². The number of urea groups is 1. The molecule has 0 unspecified atom stereocenters. The van der Waals surface area contributed by atoms with Gasteiger partial charge < -0.3 is 20.7 Å². The van der Waals surface area contributed by atoms with Crippen molar-refractivity contribution in [2.45, 2.75) is 6.92 Å². The molecule has 0 fully saturated rings. The molecule has 0 atom stereocenters. The first-order valence-electron chi connectivity index (χ1n) is 8.58. The quantitative estimate of drug-likeness (QED) is 0.556. The van der Waals surface area contributed by atoms with Crippen LogP contribution in [0.5, 0.6) is 11.5 Å². The molecule has 0 saturated carbocycles. The highest BCUT2D eigenvalue weighted by molar-refractivity contribution is 5.89. The second kappa shape index (κ2) is 9.19. The van der Waals surface area contributed by atoms with Gasteiger partial charge in [-0.1, -0.05) is 17.7 Å². The van der Waals surface area contributed by atoms with Gasteiger partial charge in [-0.2, -0.15) is 0 Å².